The van der Waals surface area contributed by atoms with Crippen molar-refractivity contribution < 1.29 is 23.8 Å². The summed E-state index contributed by atoms with van der Waals surface area (Å²) < 4.78 is 17.8. The SMILES string of the molecule is COCC1=C(C(=O)OC2CCCC2)C(c2cccc3[nH]ccc23)C2=C(CC(c3c(C)cc(C)cc3C)OC2=O)N1. The number of carbonyl (C=O) groups excluding carboxylic acids is 2. The average Bonchev–Trinajstić information content (AvgIpc) is 3.59. The van der Waals surface area contributed by atoms with Crippen LogP contribution in [0.15, 0.2) is 65.1 Å². The summed E-state index contributed by atoms with van der Waals surface area (Å²) >= 11 is 0. The molecule has 7 nitrogen and oxygen atoms in total. The van der Waals surface area contributed by atoms with Crippen LogP contribution in [0.25, 0.3) is 10.9 Å². The van der Waals surface area contributed by atoms with Gasteiger partial charge in [-0.3, -0.25) is 0 Å². The van der Waals surface area contributed by atoms with Crippen LogP contribution >= 0.6 is 0 Å². The Morgan fingerprint density at radius 2 is 1.82 bits per heavy atom. The van der Waals surface area contributed by atoms with Crippen molar-refractivity contribution in [3.8, 4) is 0 Å². The molecule has 3 aliphatic rings. The zero-order valence-electron chi connectivity index (χ0n) is 23.6. The van der Waals surface area contributed by atoms with E-state index in [1.165, 1.54) is 5.56 Å². The van der Waals surface area contributed by atoms with Crippen molar-refractivity contribution in [3.05, 3.63) is 93.0 Å². The fraction of sp³-hybridized carbons (Fsp3) is 0.394. The molecule has 1 fully saturated rings. The van der Waals surface area contributed by atoms with Gasteiger partial charge in [0, 0.05) is 36.3 Å². The molecule has 0 spiro atoms. The Balaban J connectivity index is 1.49. The lowest BCUT2D eigenvalue weighted by molar-refractivity contribution is -0.147. The fourth-order valence-electron chi connectivity index (χ4n) is 6.88. The highest BCUT2D eigenvalue weighted by molar-refractivity contribution is 6.02. The van der Waals surface area contributed by atoms with Gasteiger partial charge < -0.3 is 24.5 Å². The van der Waals surface area contributed by atoms with E-state index in [4.69, 9.17) is 14.2 Å². The van der Waals surface area contributed by atoms with Crippen molar-refractivity contribution in [3.63, 3.8) is 0 Å². The normalized spacial score (nSPS) is 21.4. The second-order valence-electron chi connectivity index (χ2n) is 11.3. The highest BCUT2D eigenvalue weighted by atomic mass is 16.5. The van der Waals surface area contributed by atoms with Crippen LogP contribution in [0.1, 0.15) is 71.9 Å². The van der Waals surface area contributed by atoms with E-state index in [0.717, 1.165) is 64.5 Å². The summed E-state index contributed by atoms with van der Waals surface area (Å²) in [5.41, 5.74) is 8.46. The number of carbonyl (C=O) groups is 2. The number of methoxy groups -OCH3 is 1. The molecule has 3 heterocycles. The number of H-pyrrole nitrogens is 1. The molecule has 2 aromatic carbocycles. The third-order valence-electron chi connectivity index (χ3n) is 8.47. The minimum atomic E-state index is -0.650. The van der Waals surface area contributed by atoms with Gasteiger partial charge in [0.05, 0.1) is 29.4 Å². The highest BCUT2D eigenvalue weighted by Crippen LogP contribution is 2.47. The van der Waals surface area contributed by atoms with Gasteiger partial charge in [-0.15, -0.1) is 0 Å². The molecule has 1 aromatic heterocycles. The third kappa shape index (κ3) is 4.62. The molecule has 2 aliphatic heterocycles. The molecule has 0 amide bonds. The Morgan fingerprint density at radius 1 is 1.07 bits per heavy atom. The first-order valence-corrected chi connectivity index (χ1v) is 14.1. The Morgan fingerprint density at radius 3 is 2.55 bits per heavy atom. The van der Waals surface area contributed by atoms with E-state index in [9.17, 15) is 9.59 Å². The maximum absolute atomic E-state index is 14.0. The van der Waals surface area contributed by atoms with Gasteiger partial charge in [-0.25, -0.2) is 9.59 Å². The zero-order valence-corrected chi connectivity index (χ0v) is 23.6. The van der Waals surface area contributed by atoms with Gasteiger partial charge in [0.2, 0.25) is 0 Å². The van der Waals surface area contributed by atoms with Crippen molar-refractivity contribution in [1.29, 1.82) is 0 Å². The molecular formula is C33H36N2O5. The number of hydrogen-bond acceptors (Lipinski definition) is 6. The van der Waals surface area contributed by atoms with Gasteiger partial charge in [0.1, 0.15) is 12.2 Å². The van der Waals surface area contributed by atoms with Crippen LogP contribution in [0.2, 0.25) is 0 Å². The molecule has 1 saturated carbocycles. The molecule has 40 heavy (non-hydrogen) atoms. The van der Waals surface area contributed by atoms with Gasteiger partial charge in [-0.1, -0.05) is 29.8 Å². The lowest BCUT2D eigenvalue weighted by Gasteiger charge is -2.38. The van der Waals surface area contributed by atoms with E-state index in [0.29, 0.717) is 23.3 Å². The number of cyclic esters (lactones) is 1. The molecular weight excluding hydrogens is 504 g/mol. The summed E-state index contributed by atoms with van der Waals surface area (Å²) in [6.45, 7) is 6.38. The number of hydrogen-bond donors (Lipinski definition) is 2. The lowest BCUT2D eigenvalue weighted by Crippen LogP contribution is -2.39. The van der Waals surface area contributed by atoms with Crippen molar-refractivity contribution in [1.82, 2.24) is 10.3 Å². The second-order valence-corrected chi connectivity index (χ2v) is 11.3. The monoisotopic (exact) mass is 540 g/mol. The summed E-state index contributed by atoms with van der Waals surface area (Å²) in [6.07, 6.45) is 5.62. The standard InChI is InChI=1S/C33H36N2O5/c1-18-14-19(2)28(20(3)15-18)27-16-25-30(33(37)40-27)29(23-10-7-11-24-22(23)12-13-34-24)31(26(35-25)17-38-4)32(36)39-21-8-5-6-9-21/h7,10-15,21,27,29,34-35H,5-6,8-9,16-17H2,1-4H3. The highest BCUT2D eigenvalue weighted by Gasteiger charge is 2.45. The van der Waals surface area contributed by atoms with Crippen molar-refractivity contribution in [2.24, 2.45) is 0 Å². The number of fused-ring (bicyclic) bond motifs is 1. The number of ether oxygens (including phenoxy) is 3. The maximum atomic E-state index is 14.0. The minimum absolute atomic E-state index is 0.113. The fourth-order valence-corrected chi connectivity index (χ4v) is 6.88. The van der Waals surface area contributed by atoms with Crippen LogP contribution in [-0.2, 0) is 23.8 Å². The number of aromatic amines is 1. The van der Waals surface area contributed by atoms with E-state index >= 15 is 0 Å². The molecule has 0 saturated heterocycles. The van der Waals surface area contributed by atoms with Gasteiger partial charge in [0.15, 0.2) is 0 Å². The predicted octanol–water partition coefficient (Wildman–Crippen LogP) is 6.11. The second kappa shape index (κ2) is 10.6. The van der Waals surface area contributed by atoms with Crippen molar-refractivity contribution in [2.45, 2.75) is 71.0 Å². The molecule has 2 atom stereocenters. The molecule has 0 bridgehead atoms. The molecule has 0 radical (unpaired) electrons. The van der Waals surface area contributed by atoms with Crippen molar-refractivity contribution >= 4 is 22.8 Å². The first kappa shape index (κ1) is 26.4. The smallest absolute Gasteiger partial charge is 0.337 e. The predicted molar refractivity (Wildman–Crippen MR) is 153 cm³/mol. The van der Waals surface area contributed by atoms with Crippen LogP contribution in [0.3, 0.4) is 0 Å². The molecule has 6 rings (SSSR count). The number of rotatable bonds is 6. The number of esters is 2. The Hall–Kier alpha value is -3.84. The number of benzene rings is 2. The van der Waals surface area contributed by atoms with E-state index in [2.05, 4.69) is 43.2 Å². The quantitative estimate of drug-likeness (QED) is 0.367. The summed E-state index contributed by atoms with van der Waals surface area (Å²) in [4.78, 5) is 31.2. The van der Waals surface area contributed by atoms with E-state index < -0.39 is 24.0 Å². The van der Waals surface area contributed by atoms with Crippen LogP contribution in [0.4, 0.5) is 0 Å². The van der Waals surface area contributed by atoms with Gasteiger partial charge in [-0.2, -0.15) is 0 Å². The summed E-state index contributed by atoms with van der Waals surface area (Å²) in [7, 11) is 1.61. The largest absolute Gasteiger partial charge is 0.459 e. The van der Waals surface area contributed by atoms with Crippen molar-refractivity contribution in [2.75, 3.05) is 13.7 Å². The van der Waals surface area contributed by atoms with E-state index in [1.54, 1.807) is 7.11 Å². The molecule has 208 valence electrons. The van der Waals surface area contributed by atoms with E-state index in [-0.39, 0.29) is 12.7 Å². The zero-order chi connectivity index (χ0) is 28.0. The van der Waals surface area contributed by atoms with Gasteiger partial charge >= 0.3 is 11.9 Å². The van der Waals surface area contributed by atoms with Crippen LogP contribution in [0.5, 0.6) is 0 Å². The summed E-state index contributed by atoms with van der Waals surface area (Å²) in [5.74, 6) is -1.47. The Kier molecular flexibility index (Phi) is 7.00. The third-order valence-corrected chi connectivity index (χ3v) is 8.47. The number of aromatic nitrogens is 1. The van der Waals surface area contributed by atoms with Gasteiger partial charge in [-0.05, 0) is 80.8 Å². The number of nitrogens with one attached hydrogen (secondary N) is 2. The number of aryl methyl sites for hydroxylation is 3. The number of dihydropyridines is 1. The topological polar surface area (TPSA) is 89.7 Å². The maximum Gasteiger partial charge on any atom is 0.337 e. The van der Waals surface area contributed by atoms with E-state index in [1.807, 2.05) is 30.5 Å². The average molecular weight is 541 g/mol. The summed E-state index contributed by atoms with van der Waals surface area (Å²) in [5, 5.41) is 4.41. The Labute approximate surface area is 234 Å². The Bertz CT molecular complexity index is 1530. The van der Waals surface area contributed by atoms with Crippen LogP contribution in [-0.4, -0.2) is 36.7 Å². The van der Waals surface area contributed by atoms with Gasteiger partial charge in [0.25, 0.3) is 0 Å². The molecule has 2 N–H and O–H groups in total. The molecule has 2 unspecified atom stereocenters. The van der Waals surface area contributed by atoms with Crippen LogP contribution < -0.4 is 5.32 Å². The summed E-state index contributed by atoms with van der Waals surface area (Å²) in [6, 6.07) is 12.1. The first-order valence-electron chi connectivity index (χ1n) is 14.1. The minimum Gasteiger partial charge on any atom is -0.459 e. The first-order chi connectivity index (χ1) is 19.4. The molecule has 1 aliphatic carbocycles. The molecule has 3 aromatic rings. The molecule has 7 heteroatoms. The van der Waals surface area contributed by atoms with Crippen LogP contribution in [0, 0.1) is 20.8 Å². The lowest BCUT2D eigenvalue weighted by atomic mass is 9.77.